The number of rotatable bonds is 4. The number of anilines is 1. The Labute approximate surface area is 150 Å². The van der Waals surface area contributed by atoms with Crippen LogP contribution in [0, 0.1) is 0 Å². The van der Waals surface area contributed by atoms with E-state index >= 15 is 0 Å². The van der Waals surface area contributed by atoms with Crippen molar-refractivity contribution in [3.05, 3.63) is 30.2 Å². The average Bonchev–Trinajstić information content (AvgIpc) is 3.21. The Balaban J connectivity index is 1.39. The molecule has 1 saturated heterocycles. The summed E-state index contributed by atoms with van der Waals surface area (Å²) < 4.78 is 5.19. The summed E-state index contributed by atoms with van der Waals surface area (Å²) in [5.74, 6) is 1.26. The number of hydrogen-bond donors (Lipinski definition) is 0. The van der Waals surface area contributed by atoms with Gasteiger partial charge in [0, 0.05) is 32.6 Å². The second-order valence-electron chi connectivity index (χ2n) is 6.28. The van der Waals surface area contributed by atoms with Crippen molar-refractivity contribution in [2.45, 2.75) is 26.3 Å². The highest BCUT2D eigenvalue weighted by atomic mass is 16.5. The lowest BCUT2D eigenvalue weighted by atomic mass is 10.3. The highest BCUT2D eigenvalue weighted by Crippen LogP contribution is 2.14. The minimum Gasteiger partial charge on any atom is -0.339 e. The lowest BCUT2D eigenvalue weighted by Gasteiger charge is -2.20. The van der Waals surface area contributed by atoms with Crippen LogP contribution in [-0.4, -0.2) is 62.1 Å². The Morgan fingerprint density at radius 1 is 1.12 bits per heavy atom. The molecule has 1 aliphatic rings. The van der Waals surface area contributed by atoms with Crippen molar-refractivity contribution in [2.75, 3.05) is 31.1 Å². The SMILES string of the molecule is CCc1nc(N2CCCN(C(=O)Cn3nc4ccccc4n3)CC2)no1. The van der Waals surface area contributed by atoms with Gasteiger partial charge >= 0.3 is 0 Å². The van der Waals surface area contributed by atoms with E-state index in [0.29, 0.717) is 31.5 Å². The zero-order chi connectivity index (χ0) is 17.9. The van der Waals surface area contributed by atoms with Crippen LogP contribution in [0.25, 0.3) is 11.0 Å². The summed E-state index contributed by atoms with van der Waals surface area (Å²) in [5.41, 5.74) is 1.59. The third kappa shape index (κ3) is 3.37. The molecule has 0 aliphatic carbocycles. The van der Waals surface area contributed by atoms with Crippen LogP contribution in [0.3, 0.4) is 0 Å². The number of carbonyl (C=O) groups is 1. The van der Waals surface area contributed by atoms with Crippen LogP contribution in [0.5, 0.6) is 0 Å². The number of fused-ring (bicyclic) bond motifs is 1. The first kappa shape index (κ1) is 16.5. The lowest BCUT2D eigenvalue weighted by Crippen LogP contribution is -2.37. The molecular formula is C17H21N7O2. The fraction of sp³-hybridized carbons (Fsp3) is 0.471. The average molecular weight is 355 g/mol. The maximum atomic E-state index is 12.6. The van der Waals surface area contributed by atoms with Crippen LogP contribution in [0.1, 0.15) is 19.2 Å². The van der Waals surface area contributed by atoms with Gasteiger partial charge in [0.15, 0.2) is 0 Å². The van der Waals surface area contributed by atoms with Gasteiger partial charge in [-0.25, -0.2) is 0 Å². The minimum atomic E-state index is 0.0227. The van der Waals surface area contributed by atoms with Crippen LogP contribution in [-0.2, 0) is 17.8 Å². The number of carbonyl (C=O) groups excluding carboxylic acids is 1. The number of aryl methyl sites for hydroxylation is 1. The van der Waals surface area contributed by atoms with Gasteiger partial charge in [-0.15, -0.1) is 0 Å². The third-order valence-electron chi connectivity index (χ3n) is 4.50. The van der Waals surface area contributed by atoms with E-state index in [4.69, 9.17) is 4.52 Å². The quantitative estimate of drug-likeness (QED) is 0.692. The molecule has 9 heteroatoms. The van der Waals surface area contributed by atoms with E-state index in [2.05, 4.69) is 25.2 Å². The Morgan fingerprint density at radius 3 is 2.58 bits per heavy atom. The Morgan fingerprint density at radius 2 is 1.88 bits per heavy atom. The van der Waals surface area contributed by atoms with Crippen LogP contribution in [0.4, 0.5) is 5.95 Å². The Hall–Kier alpha value is -2.97. The molecule has 1 fully saturated rings. The number of amides is 1. The van der Waals surface area contributed by atoms with E-state index in [9.17, 15) is 4.79 Å². The molecule has 0 spiro atoms. The number of benzene rings is 1. The van der Waals surface area contributed by atoms with E-state index < -0.39 is 0 Å². The lowest BCUT2D eigenvalue weighted by molar-refractivity contribution is -0.132. The molecule has 26 heavy (non-hydrogen) atoms. The zero-order valence-electron chi connectivity index (χ0n) is 14.7. The Bertz CT molecular complexity index is 870. The largest absolute Gasteiger partial charge is 0.339 e. The number of hydrogen-bond acceptors (Lipinski definition) is 7. The second-order valence-corrected chi connectivity index (χ2v) is 6.28. The molecule has 0 bridgehead atoms. The molecule has 9 nitrogen and oxygen atoms in total. The van der Waals surface area contributed by atoms with Gasteiger partial charge < -0.3 is 14.3 Å². The van der Waals surface area contributed by atoms with Crippen molar-refractivity contribution >= 4 is 22.9 Å². The van der Waals surface area contributed by atoms with Crippen LogP contribution >= 0.6 is 0 Å². The van der Waals surface area contributed by atoms with Gasteiger partial charge in [0.2, 0.25) is 11.8 Å². The van der Waals surface area contributed by atoms with Crippen molar-refractivity contribution in [2.24, 2.45) is 0 Å². The molecule has 4 rings (SSSR count). The van der Waals surface area contributed by atoms with Gasteiger partial charge in [0.25, 0.3) is 5.95 Å². The molecule has 0 atom stereocenters. The summed E-state index contributed by atoms with van der Waals surface area (Å²) in [7, 11) is 0. The molecule has 3 aromatic rings. The molecule has 1 aliphatic heterocycles. The van der Waals surface area contributed by atoms with E-state index in [1.54, 1.807) is 0 Å². The first-order chi connectivity index (χ1) is 12.7. The van der Waals surface area contributed by atoms with E-state index in [1.165, 1.54) is 4.80 Å². The van der Waals surface area contributed by atoms with Gasteiger partial charge in [-0.3, -0.25) is 4.79 Å². The van der Waals surface area contributed by atoms with Crippen LogP contribution < -0.4 is 4.90 Å². The van der Waals surface area contributed by atoms with Crippen molar-refractivity contribution < 1.29 is 9.32 Å². The topological polar surface area (TPSA) is 93.2 Å². The molecule has 0 saturated carbocycles. The number of nitrogens with zero attached hydrogens (tertiary/aromatic N) is 7. The highest BCUT2D eigenvalue weighted by molar-refractivity contribution is 5.77. The summed E-state index contributed by atoms with van der Waals surface area (Å²) in [6.45, 7) is 4.94. The van der Waals surface area contributed by atoms with E-state index in [1.807, 2.05) is 36.1 Å². The van der Waals surface area contributed by atoms with Gasteiger partial charge in [0.1, 0.15) is 17.6 Å². The van der Waals surface area contributed by atoms with Crippen molar-refractivity contribution in [3.63, 3.8) is 0 Å². The van der Waals surface area contributed by atoms with Crippen molar-refractivity contribution in [1.82, 2.24) is 30.0 Å². The summed E-state index contributed by atoms with van der Waals surface area (Å²) in [4.78, 5) is 22.4. The van der Waals surface area contributed by atoms with Gasteiger partial charge in [-0.1, -0.05) is 19.1 Å². The fourth-order valence-corrected chi connectivity index (χ4v) is 3.08. The van der Waals surface area contributed by atoms with Crippen molar-refractivity contribution in [3.8, 4) is 0 Å². The van der Waals surface area contributed by atoms with Gasteiger partial charge in [-0.05, 0) is 23.7 Å². The normalized spacial score (nSPS) is 15.4. The smallest absolute Gasteiger partial charge is 0.266 e. The fourth-order valence-electron chi connectivity index (χ4n) is 3.08. The predicted octanol–water partition coefficient (Wildman–Crippen LogP) is 1.12. The van der Waals surface area contributed by atoms with E-state index in [-0.39, 0.29) is 12.5 Å². The molecule has 0 radical (unpaired) electrons. The number of aromatic nitrogens is 5. The van der Waals surface area contributed by atoms with Crippen molar-refractivity contribution in [1.29, 1.82) is 0 Å². The summed E-state index contributed by atoms with van der Waals surface area (Å²) in [6.07, 6.45) is 1.58. The predicted molar refractivity (Wildman–Crippen MR) is 94.6 cm³/mol. The maximum Gasteiger partial charge on any atom is 0.266 e. The van der Waals surface area contributed by atoms with E-state index in [0.717, 1.165) is 30.4 Å². The van der Waals surface area contributed by atoms with Gasteiger partial charge in [0.05, 0.1) is 0 Å². The highest BCUT2D eigenvalue weighted by Gasteiger charge is 2.22. The van der Waals surface area contributed by atoms with Gasteiger partial charge in [-0.2, -0.15) is 20.0 Å². The second kappa shape index (κ2) is 7.11. The molecule has 1 amide bonds. The first-order valence-corrected chi connectivity index (χ1v) is 8.88. The maximum absolute atomic E-state index is 12.6. The third-order valence-corrected chi connectivity index (χ3v) is 4.50. The first-order valence-electron chi connectivity index (χ1n) is 8.88. The molecule has 0 N–H and O–H groups in total. The molecule has 136 valence electrons. The standard InChI is InChI=1S/C17H21N7O2/c1-2-15-18-17(21-26-15)23-9-5-8-22(10-11-23)16(25)12-24-19-13-6-3-4-7-14(13)20-24/h3-4,6-7H,2,5,8-12H2,1H3. The van der Waals surface area contributed by atoms with Crippen LogP contribution in [0.2, 0.25) is 0 Å². The summed E-state index contributed by atoms with van der Waals surface area (Å²) in [6, 6.07) is 7.61. The molecule has 1 aromatic carbocycles. The molecule has 3 heterocycles. The zero-order valence-corrected chi connectivity index (χ0v) is 14.7. The molecule has 2 aromatic heterocycles. The molecule has 0 unspecified atom stereocenters. The summed E-state index contributed by atoms with van der Waals surface area (Å²) in [5, 5.41) is 12.7. The minimum absolute atomic E-state index is 0.0227. The summed E-state index contributed by atoms with van der Waals surface area (Å²) >= 11 is 0. The molecular weight excluding hydrogens is 334 g/mol. The Kier molecular flexibility index (Phi) is 4.51. The van der Waals surface area contributed by atoms with Crippen LogP contribution in [0.15, 0.2) is 28.8 Å². The monoisotopic (exact) mass is 355 g/mol.